The molecule has 2 nitrogen and oxygen atoms in total. The van der Waals surface area contributed by atoms with E-state index in [1.54, 1.807) is 11.3 Å². The number of thiophene rings is 1. The van der Waals surface area contributed by atoms with E-state index in [1.807, 2.05) is 0 Å². The van der Waals surface area contributed by atoms with E-state index in [9.17, 15) is 0 Å². The molecule has 0 saturated carbocycles. The number of halogens is 1. The van der Waals surface area contributed by atoms with Crippen molar-refractivity contribution in [2.24, 2.45) is 5.41 Å². The summed E-state index contributed by atoms with van der Waals surface area (Å²) in [5.41, 5.74) is 1.91. The number of rotatable bonds is 8. The van der Waals surface area contributed by atoms with Crippen molar-refractivity contribution in [2.75, 3.05) is 20.1 Å². The molecule has 0 aromatic carbocycles. The largest absolute Gasteiger partial charge is 0.311 e. The van der Waals surface area contributed by atoms with Gasteiger partial charge in [0, 0.05) is 25.2 Å². The van der Waals surface area contributed by atoms with Gasteiger partial charge in [-0.15, -0.1) is 11.3 Å². The average Bonchev–Trinajstić information content (AvgIpc) is 2.71. The molecule has 1 aromatic heterocycles. The van der Waals surface area contributed by atoms with Crippen LogP contribution in [0, 0.1) is 5.41 Å². The fraction of sp³-hybridized carbons (Fsp3) is 0.765. The molecule has 0 amide bonds. The second kappa shape index (κ2) is 8.09. The van der Waals surface area contributed by atoms with Crippen molar-refractivity contribution in [2.45, 2.75) is 59.5 Å². The quantitative estimate of drug-likeness (QED) is 0.677. The van der Waals surface area contributed by atoms with Crippen LogP contribution in [-0.4, -0.2) is 30.6 Å². The maximum absolute atomic E-state index is 3.69. The topological polar surface area (TPSA) is 15.3 Å². The Labute approximate surface area is 143 Å². The molecule has 0 bridgehead atoms. The molecule has 21 heavy (non-hydrogen) atoms. The van der Waals surface area contributed by atoms with Gasteiger partial charge in [0.15, 0.2) is 0 Å². The predicted octanol–water partition coefficient (Wildman–Crippen LogP) is 5.14. The Hall–Kier alpha value is 0.100. The van der Waals surface area contributed by atoms with Crippen molar-refractivity contribution >= 4 is 27.3 Å². The van der Waals surface area contributed by atoms with E-state index in [1.165, 1.54) is 22.2 Å². The third kappa shape index (κ3) is 7.78. The van der Waals surface area contributed by atoms with E-state index in [0.717, 1.165) is 19.6 Å². The third-order valence-corrected chi connectivity index (χ3v) is 5.18. The summed E-state index contributed by atoms with van der Waals surface area (Å²) >= 11 is 5.31. The standard InChI is InChI=1S/C17H31BrN2S/c1-7-8-17(5,12-19-16(2,3)4)13-20(6)10-14-9-15(18)21-11-14/h9,11,19H,7-8,10,12-13H2,1-6H3. The van der Waals surface area contributed by atoms with Crippen molar-refractivity contribution in [1.82, 2.24) is 10.2 Å². The summed E-state index contributed by atoms with van der Waals surface area (Å²) in [6.07, 6.45) is 2.49. The van der Waals surface area contributed by atoms with Gasteiger partial charge in [0.1, 0.15) is 0 Å². The van der Waals surface area contributed by atoms with Gasteiger partial charge in [-0.1, -0.05) is 20.3 Å². The summed E-state index contributed by atoms with van der Waals surface area (Å²) in [6, 6.07) is 2.23. The van der Waals surface area contributed by atoms with Crippen LogP contribution in [0.3, 0.4) is 0 Å². The van der Waals surface area contributed by atoms with Crippen LogP contribution in [0.4, 0.5) is 0 Å². The fourth-order valence-corrected chi connectivity index (χ4v) is 3.95. The summed E-state index contributed by atoms with van der Waals surface area (Å²) in [7, 11) is 2.23. The van der Waals surface area contributed by atoms with E-state index in [-0.39, 0.29) is 5.54 Å². The van der Waals surface area contributed by atoms with Crippen LogP contribution >= 0.6 is 27.3 Å². The molecule has 1 unspecified atom stereocenters. The van der Waals surface area contributed by atoms with Crippen molar-refractivity contribution in [3.8, 4) is 0 Å². The number of nitrogens with zero attached hydrogens (tertiary/aromatic N) is 1. The van der Waals surface area contributed by atoms with Crippen molar-refractivity contribution in [3.05, 3.63) is 20.8 Å². The van der Waals surface area contributed by atoms with Crippen LogP contribution in [0.2, 0.25) is 0 Å². The Bertz CT molecular complexity index is 425. The SMILES string of the molecule is CCCC(C)(CNC(C)(C)C)CN(C)Cc1csc(Br)c1. The molecule has 0 aliphatic rings. The minimum absolute atomic E-state index is 0.186. The van der Waals surface area contributed by atoms with Gasteiger partial charge in [0.05, 0.1) is 3.79 Å². The van der Waals surface area contributed by atoms with Crippen LogP contribution in [0.25, 0.3) is 0 Å². The number of hydrogen-bond acceptors (Lipinski definition) is 3. The maximum atomic E-state index is 3.69. The summed E-state index contributed by atoms with van der Waals surface area (Å²) in [6.45, 7) is 14.6. The Morgan fingerprint density at radius 1 is 1.29 bits per heavy atom. The fourth-order valence-electron chi connectivity index (χ4n) is 2.75. The van der Waals surface area contributed by atoms with Crippen LogP contribution < -0.4 is 5.32 Å². The maximum Gasteiger partial charge on any atom is 0.0701 e. The molecule has 1 heterocycles. The van der Waals surface area contributed by atoms with E-state index >= 15 is 0 Å². The normalized spacial score (nSPS) is 15.4. The summed E-state index contributed by atoms with van der Waals surface area (Å²) < 4.78 is 1.22. The first-order chi connectivity index (χ1) is 9.63. The lowest BCUT2D eigenvalue weighted by molar-refractivity contribution is 0.157. The molecule has 122 valence electrons. The summed E-state index contributed by atoms with van der Waals surface area (Å²) in [5.74, 6) is 0. The molecule has 4 heteroatoms. The molecular formula is C17H31BrN2S. The van der Waals surface area contributed by atoms with E-state index in [0.29, 0.717) is 5.41 Å². The van der Waals surface area contributed by atoms with Crippen LogP contribution in [-0.2, 0) is 6.54 Å². The molecule has 1 atom stereocenters. The summed E-state index contributed by atoms with van der Waals surface area (Å²) in [5, 5.41) is 5.93. The van der Waals surface area contributed by atoms with Crippen molar-refractivity contribution < 1.29 is 0 Å². The van der Waals surface area contributed by atoms with Crippen molar-refractivity contribution in [1.29, 1.82) is 0 Å². The highest BCUT2D eigenvalue weighted by Gasteiger charge is 2.27. The zero-order chi connectivity index (χ0) is 16.1. The Balaban J connectivity index is 2.59. The van der Waals surface area contributed by atoms with E-state index in [2.05, 4.69) is 79.3 Å². The molecule has 0 aliphatic carbocycles. The number of nitrogens with one attached hydrogen (secondary N) is 1. The lowest BCUT2D eigenvalue weighted by Gasteiger charge is -2.36. The van der Waals surface area contributed by atoms with Crippen molar-refractivity contribution in [3.63, 3.8) is 0 Å². The minimum Gasteiger partial charge on any atom is -0.311 e. The van der Waals surface area contributed by atoms with Crippen LogP contribution in [0.5, 0.6) is 0 Å². The lowest BCUT2D eigenvalue weighted by Crippen LogP contribution is -2.46. The highest BCUT2D eigenvalue weighted by molar-refractivity contribution is 9.11. The van der Waals surface area contributed by atoms with Gasteiger partial charge in [-0.2, -0.15) is 0 Å². The average molecular weight is 375 g/mol. The summed E-state index contributed by atoms with van der Waals surface area (Å²) in [4.78, 5) is 2.45. The predicted molar refractivity (Wildman–Crippen MR) is 99.1 cm³/mol. The molecule has 1 aromatic rings. The zero-order valence-electron chi connectivity index (χ0n) is 14.4. The molecule has 1 rings (SSSR count). The monoisotopic (exact) mass is 374 g/mol. The van der Waals surface area contributed by atoms with Crippen LogP contribution in [0.15, 0.2) is 15.2 Å². The van der Waals surface area contributed by atoms with E-state index < -0.39 is 0 Å². The Morgan fingerprint density at radius 2 is 1.95 bits per heavy atom. The first-order valence-corrected chi connectivity index (χ1v) is 9.47. The van der Waals surface area contributed by atoms with Gasteiger partial charge >= 0.3 is 0 Å². The van der Waals surface area contributed by atoms with Gasteiger partial charge in [0.2, 0.25) is 0 Å². The molecule has 1 N–H and O–H groups in total. The first-order valence-electron chi connectivity index (χ1n) is 7.80. The Kier molecular flexibility index (Phi) is 7.38. The van der Waals surface area contributed by atoms with Gasteiger partial charge in [-0.3, -0.25) is 0 Å². The van der Waals surface area contributed by atoms with Gasteiger partial charge in [-0.05, 0) is 72.6 Å². The zero-order valence-corrected chi connectivity index (χ0v) is 16.8. The van der Waals surface area contributed by atoms with Gasteiger partial charge in [-0.25, -0.2) is 0 Å². The lowest BCUT2D eigenvalue weighted by atomic mass is 9.84. The third-order valence-electron chi connectivity index (χ3n) is 3.62. The molecule has 0 radical (unpaired) electrons. The van der Waals surface area contributed by atoms with Gasteiger partial charge in [0.25, 0.3) is 0 Å². The van der Waals surface area contributed by atoms with Crippen LogP contribution in [0.1, 0.15) is 53.0 Å². The molecular weight excluding hydrogens is 344 g/mol. The smallest absolute Gasteiger partial charge is 0.0701 e. The molecule has 0 saturated heterocycles. The minimum atomic E-state index is 0.186. The molecule has 0 aliphatic heterocycles. The number of hydrogen-bond donors (Lipinski definition) is 1. The second-order valence-corrected chi connectivity index (χ2v) is 9.89. The van der Waals surface area contributed by atoms with E-state index in [4.69, 9.17) is 0 Å². The Morgan fingerprint density at radius 3 is 2.43 bits per heavy atom. The molecule has 0 spiro atoms. The highest BCUT2D eigenvalue weighted by Crippen LogP contribution is 2.26. The highest BCUT2D eigenvalue weighted by atomic mass is 79.9. The molecule has 0 fully saturated rings. The first kappa shape index (κ1) is 19.1. The van der Waals surface area contributed by atoms with Gasteiger partial charge < -0.3 is 10.2 Å². The second-order valence-electron chi connectivity index (χ2n) is 7.60.